The number of fused-ring (bicyclic) bond motifs is 6. The first-order valence-corrected chi connectivity index (χ1v) is 16.7. The molecule has 0 saturated carbocycles. The van der Waals surface area contributed by atoms with Gasteiger partial charge in [0.2, 0.25) is 0 Å². The molecular formula is C31H43KN4O4S2. The van der Waals surface area contributed by atoms with Crippen molar-refractivity contribution in [1.29, 1.82) is 0 Å². The Kier molecular flexibility index (Phi) is 13.8. The van der Waals surface area contributed by atoms with Crippen molar-refractivity contribution in [2.24, 2.45) is 5.92 Å². The normalized spacial score (nSPS) is 20.3. The van der Waals surface area contributed by atoms with Crippen LogP contribution in [0.1, 0.15) is 71.6 Å². The minimum absolute atomic E-state index is 0. The van der Waals surface area contributed by atoms with Crippen LogP contribution < -0.4 is 70.7 Å². The van der Waals surface area contributed by atoms with E-state index < -0.39 is 0 Å². The summed E-state index contributed by atoms with van der Waals surface area (Å²) in [4.78, 5) is 27.5. The Morgan fingerprint density at radius 1 is 1.05 bits per heavy atom. The van der Waals surface area contributed by atoms with Crippen molar-refractivity contribution in [3.8, 4) is 11.5 Å². The predicted molar refractivity (Wildman–Crippen MR) is 165 cm³/mol. The fourth-order valence-electron chi connectivity index (χ4n) is 5.99. The second-order valence-electron chi connectivity index (χ2n) is 11.2. The van der Waals surface area contributed by atoms with Crippen LogP contribution in [0.3, 0.4) is 0 Å². The Hall–Kier alpha value is -0.824. The van der Waals surface area contributed by atoms with Gasteiger partial charge < -0.3 is 36.6 Å². The van der Waals surface area contributed by atoms with Crippen LogP contribution in [0.4, 0.5) is 11.6 Å². The molecule has 8 nitrogen and oxygen atoms in total. The van der Waals surface area contributed by atoms with Crippen LogP contribution in [0.2, 0.25) is 0 Å². The average molecular weight is 639 g/mol. The molecule has 1 unspecified atom stereocenters. The first-order valence-electron chi connectivity index (χ1n) is 15.3. The van der Waals surface area contributed by atoms with Gasteiger partial charge in [-0.15, -0.1) is 16.7 Å². The van der Waals surface area contributed by atoms with E-state index in [1.54, 1.807) is 18.0 Å². The van der Waals surface area contributed by atoms with Crippen molar-refractivity contribution in [3.05, 3.63) is 24.5 Å². The fourth-order valence-corrected chi connectivity index (χ4v) is 7.13. The molecular weight excluding hydrogens is 596 g/mol. The van der Waals surface area contributed by atoms with Crippen LogP contribution in [0.15, 0.2) is 34.3 Å². The standard InChI is InChI=1S/C21H32N2O3S.C10H12N2OS.K/c1-3-5-7-16(4-2)14-25-19(24)10-13-27-18-9-11-22-21-20(18)26-15-17-8-6-12-23(17)21;14-8-3-4-11-10-9(8)13-6-7-2-1-5-12(7)10;/h9,11,16-17H,3-8,10,12-15H2,1-2H3;3-4,7H,1-2,5-6H2,(H,11,14);/q;;+1/p-1/t16?,17-;7-;/m00./s1. The van der Waals surface area contributed by atoms with Crippen LogP contribution in [-0.2, 0) is 22.2 Å². The molecule has 0 aromatic carbocycles. The molecule has 0 bridgehead atoms. The topological polar surface area (TPSA) is 77.0 Å². The molecule has 4 aliphatic heterocycles. The van der Waals surface area contributed by atoms with Gasteiger partial charge in [0.25, 0.3) is 0 Å². The van der Waals surface area contributed by atoms with Crippen molar-refractivity contribution in [3.63, 3.8) is 0 Å². The number of carbonyl (C=O) groups excluding carboxylic acids is 1. The first-order chi connectivity index (χ1) is 20.1. The summed E-state index contributed by atoms with van der Waals surface area (Å²) in [5.41, 5.74) is 0. The molecule has 2 aromatic rings. The van der Waals surface area contributed by atoms with E-state index in [1.807, 2.05) is 18.3 Å². The van der Waals surface area contributed by atoms with Crippen LogP contribution in [0.25, 0.3) is 0 Å². The Bertz CT molecular complexity index is 1180. The number of unbranched alkanes of at least 4 members (excludes halogenated alkanes) is 1. The van der Waals surface area contributed by atoms with Gasteiger partial charge in [0, 0.05) is 31.2 Å². The molecule has 0 amide bonds. The van der Waals surface area contributed by atoms with Crippen LogP contribution in [0.5, 0.6) is 11.5 Å². The molecule has 0 N–H and O–H groups in total. The van der Waals surface area contributed by atoms with Gasteiger partial charge in [0.15, 0.2) is 17.4 Å². The fraction of sp³-hybridized carbons (Fsp3) is 0.645. The van der Waals surface area contributed by atoms with Crippen molar-refractivity contribution in [1.82, 2.24) is 9.97 Å². The summed E-state index contributed by atoms with van der Waals surface area (Å²) in [5.74, 6) is 4.72. The summed E-state index contributed by atoms with van der Waals surface area (Å²) in [6.07, 6.45) is 13.5. The predicted octanol–water partition coefficient (Wildman–Crippen LogP) is 3.04. The third-order valence-electron chi connectivity index (χ3n) is 8.42. The second kappa shape index (κ2) is 17.0. The van der Waals surface area contributed by atoms with Crippen LogP contribution >= 0.6 is 11.8 Å². The molecule has 4 aliphatic rings. The monoisotopic (exact) mass is 638 g/mol. The number of ether oxygens (including phenoxy) is 3. The molecule has 0 spiro atoms. The molecule has 0 radical (unpaired) electrons. The minimum Gasteiger partial charge on any atom is -0.776 e. The van der Waals surface area contributed by atoms with Crippen molar-refractivity contribution in [2.45, 2.75) is 93.5 Å². The quantitative estimate of drug-likeness (QED) is 0.168. The summed E-state index contributed by atoms with van der Waals surface area (Å²) in [6, 6.07) is 4.81. The number of nitrogens with zero attached hydrogens (tertiary/aromatic N) is 4. The molecule has 3 atom stereocenters. The van der Waals surface area contributed by atoms with E-state index in [-0.39, 0.29) is 57.4 Å². The molecule has 42 heavy (non-hydrogen) atoms. The van der Waals surface area contributed by atoms with Gasteiger partial charge in [-0.3, -0.25) is 4.79 Å². The first kappa shape index (κ1) is 34.1. The van der Waals surface area contributed by atoms with Crippen molar-refractivity contribution in [2.75, 3.05) is 48.5 Å². The number of carbonyl (C=O) groups is 1. The molecule has 11 heteroatoms. The Morgan fingerprint density at radius 2 is 1.69 bits per heavy atom. The summed E-state index contributed by atoms with van der Waals surface area (Å²) in [5, 5.41) is 0. The van der Waals surface area contributed by atoms with E-state index in [2.05, 4.69) is 33.6 Å². The van der Waals surface area contributed by atoms with Gasteiger partial charge >= 0.3 is 57.4 Å². The second-order valence-corrected chi connectivity index (χ2v) is 12.8. The summed E-state index contributed by atoms with van der Waals surface area (Å²) in [6.45, 7) is 8.58. The number of thioether (sulfide) groups is 1. The summed E-state index contributed by atoms with van der Waals surface area (Å²) < 4.78 is 17.2. The Balaban J connectivity index is 0.000000225. The third kappa shape index (κ3) is 8.46. The maximum atomic E-state index is 12.1. The maximum absolute atomic E-state index is 12.1. The molecule has 2 fully saturated rings. The van der Waals surface area contributed by atoms with Crippen molar-refractivity contribution >= 4 is 42.0 Å². The zero-order chi connectivity index (χ0) is 28.6. The third-order valence-corrected chi connectivity index (χ3v) is 9.79. The summed E-state index contributed by atoms with van der Waals surface area (Å²) >= 11 is 6.87. The SMILES string of the molecule is CCCCC(CC)COC(=O)CCSc1ccnc2c1OC[C@@H]1CCCN21.[K+].[S-]c1ccnc2c1OC[C@@H]1CCCN21. The van der Waals surface area contributed by atoms with E-state index in [9.17, 15) is 4.79 Å². The summed E-state index contributed by atoms with van der Waals surface area (Å²) in [7, 11) is 0. The van der Waals surface area contributed by atoms with E-state index in [0.29, 0.717) is 36.8 Å². The molecule has 2 aromatic heterocycles. The van der Waals surface area contributed by atoms with Gasteiger partial charge in [0.05, 0.1) is 30.0 Å². The number of hydrogen-bond donors (Lipinski definition) is 0. The van der Waals surface area contributed by atoms with E-state index >= 15 is 0 Å². The number of esters is 1. The molecule has 0 aliphatic carbocycles. The molecule has 2 saturated heterocycles. The van der Waals surface area contributed by atoms with Gasteiger partial charge in [0.1, 0.15) is 19.0 Å². The number of rotatable bonds is 10. The minimum atomic E-state index is -0.0964. The van der Waals surface area contributed by atoms with E-state index in [4.69, 9.17) is 26.8 Å². The molecule has 6 heterocycles. The van der Waals surface area contributed by atoms with Gasteiger partial charge in [-0.1, -0.05) is 39.2 Å². The van der Waals surface area contributed by atoms with Gasteiger partial charge in [-0.05, 0) is 44.1 Å². The zero-order valence-electron chi connectivity index (χ0n) is 25.4. The van der Waals surface area contributed by atoms with Crippen LogP contribution in [0, 0.1) is 5.92 Å². The number of anilines is 2. The van der Waals surface area contributed by atoms with E-state index in [0.717, 1.165) is 72.1 Å². The smallest absolute Gasteiger partial charge is 0.776 e. The number of hydrogen-bond acceptors (Lipinski definition) is 10. The van der Waals surface area contributed by atoms with Gasteiger partial charge in [-0.25, -0.2) is 9.97 Å². The van der Waals surface area contributed by atoms with Crippen LogP contribution in [-0.4, -0.2) is 66.7 Å². The zero-order valence-corrected chi connectivity index (χ0v) is 30.1. The Labute approximate surface area is 303 Å². The Morgan fingerprint density at radius 3 is 2.36 bits per heavy atom. The van der Waals surface area contributed by atoms with Crippen molar-refractivity contribution < 1.29 is 70.4 Å². The molecule has 224 valence electrons. The maximum Gasteiger partial charge on any atom is 1.00 e. The molecule has 6 rings (SSSR count). The van der Waals surface area contributed by atoms with Gasteiger partial charge in [-0.2, -0.15) is 0 Å². The number of pyridine rings is 2. The van der Waals surface area contributed by atoms with E-state index in [1.165, 1.54) is 38.5 Å². The average Bonchev–Trinajstić information content (AvgIpc) is 3.68. The number of aromatic nitrogens is 2. The largest absolute Gasteiger partial charge is 1.00 e.